The lowest BCUT2D eigenvalue weighted by molar-refractivity contribution is -0.144. The average Bonchev–Trinajstić information content (AvgIpc) is 3.24. The second-order valence-corrected chi connectivity index (χ2v) is 5.93. The van der Waals surface area contributed by atoms with Gasteiger partial charge >= 0.3 is 5.97 Å². The van der Waals surface area contributed by atoms with E-state index in [1.807, 2.05) is 0 Å². The number of ether oxygens (including phenoxy) is 3. The fourth-order valence-electron chi connectivity index (χ4n) is 2.46. The first-order valence-electron chi connectivity index (χ1n) is 8.74. The smallest absolute Gasteiger partial charge is 0.325 e. The zero-order valence-electron chi connectivity index (χ0n) is 16.2. The van der Waals surface area contributed by atoms with Crippen LogP contribution in [-0.4, -0.2) is 42.8 Å². The van der Waals surface area contributed by atoms with Crippen LogP contribution in [0.25, 0.3) is 11.4 Å². The molecule has 0 spiro atoms. The number of esters is 1. The number of aromatic nitrogens is 2. The number of hydrogen-bond acceptors (Lipinski definition) is 8. The standard InChI is InChI=1S/C20H18FN3O6/c1-27-14-7-8-15(16(9-14)28-2)19-23-17(30-24-19)11-29-18(25)10-22-20(26)12-3-5-13(21)6-4-12/h3-9H,10-11H2,1-2H3,(H,22,26). The van der Waals surface area contributed by atoms with Gasteiger partial charge in [0.05, 0.1) is 19.8 Å². The number of carbonyl (C=O) groups excluding carboxylic acids is 2. The molecule has 0 bridgehead atoms. The number of carbonyl (C=O) groups is 2. The van der Waals surface area contributed by atoms with Gasteiger partial charge < -0.3 is 24.1 Å². The van der Waals surface area contributed by atoms with Gasteiger partial charge in [-0.15, -0.1) is 0 Å². The van der Waals surface area contributed by atoms with Gasteiger partial charge in [0.1, 0.15) is 23.9 Å². The van der Waals surface area contributed by atoms with E-state index < -0.39 is 17.7 Å². The highest BCUT2D eigenvalue weighted by Gasteiger charge is 2.16. The van der Waals surface area contributed by atoms with Crippen LogP contribution in [0, 0.1) is 5.82 Å². The lowest BCUT2D eigenvalue weighted by atomic mass is 10.2. The Morgan fingerprint density at radius 1 is 1.10 bits per heavy atom. The Morgan fingerprint density at radius 2 is 1.87 bits per heavy atom. The largest absolute Gasteiger partial charge is 0.497 e. The van der Waals surface area contributed by atoms with Crippen LogP contribution in [0.3, 0.4) is 0 Å². The van der Waals surface area contributed by atoms with Gasteiger partial charge in [0.15, 0.2) is 6.61 Å². The Labute approximate surface area is 170 Å². The van der Waals surface area contributed by atoms with E-state index in [-0.39, 0.29) is 30.4 Å². The van der Waals surface area contributed by atoms with Crippen molar-refractivity contribution in [1.82, 2.24) is 15.5 Å². The van der Waals surface area contributed by atoms with Crippen molar-refractivity contribution in [2.45, 2.75) is 6.61 Å². The van der Waals surface area contributed by atoms with Gasteiger partial charge in [-0.25, -0.2) is 4.39 Å². The Hall–Kier alpha value is -3.95. The molecule has 3 rings (SSSR count). The molecule has 1 aromatic heterocycles. The topological polar surface area (TPSA) is 113 Å². The summed E-state index contributed by atoms with van der Waals surface area (Å²) < 4.78 is 33.4. The molecule has 9 nitrogen and oxygen atoms in total. The molecule has 156 valence electrons. The van der Waals surface area contributed by atoms with E-state index >= 15 is 0 Å². The lowest BCUT2D eigenvalue weighted by Gasteiger charge is -2.07. The van der Waals surface area contributed by atoms with Crippen LogP contribution in [0.1, 0.15) is 16.2 Å². The third kappa shape index (κ3) is 5.10. The van der Waals surface area contributed by atoms with Crippen molar-refractivity contribution >= 4 is 11.9 Å². The maximum atomic E-state index is 12.9. The molecule has 0 atom stereocenters. The summed E-state index contributed by atoms with van der Waals surface area (Å²) in [6.45, 7) is -0.639. The minimum Gasteiger partial charge on any atom is -0.497 e. The molecule has 3 aromatic rings. The molecule has 10 heteroatoms. The second kappa shape index (κ2) is 9.50. The van der Waals surface area contributed by atoms with Gasteiger partial charge in [0, 0.05) is 11.6 Å². The Morgan fingerprint density at radius 3 is 2.57 bits per heavy atom. The molecule has 0 radical (unpaired) electrons. The van der Waals surface area contributed by atoms with E-state index in [9.17, 15) is 14.0 Å². The van der Waals surface area contributed by atoms with Crippen molar-refractivity contribution in [3.05, 3.63) is 59.7 Å². The van der Waals surface area contributed by atoms with E-state index in [0.717, 1.165) is 12.1 Å². The molecule has 0 aliphatic rings. The molecule has 1 heterocycles. The van der Waals surface area contributed by atoms with Crippen LogP contribution in [0.5, 0.6) is 11.5 Å². The minimum atomic E-state index is -0.702. The van der Waals surface area contributed by atoms with E-state index in [1.54, 1.807) is 18.2 Å². The predicted molar refractivity (Wildman–Crippen MR) is 101 cm³/mol. The van der Waals surface area contributed by atoms with Crippen LogP contribution in [0.4, 0.5) is 4.39 Å². The second-order valence-electron chi connectivity index (χ2n) is 5.93. The molecule has 30 heavy (non-hydrogen) atoms. The highest BCUT2D eigenvalue weighted by Crippen LogP contribution is 2.31. The summed E-state index contributed by atoms with van der Waals surface area (Å²) in [6, 6.07) is 10.0. The first-order valence-corrected chi connectivity index (χ1v) is 8.74. The zero-order chi connectivity index (χ0) is 21.5. The lowest BCUT2D eigenvalue weighted by Crippen LogP contribution is -2.30. The highest BCUT2D eigenvalue weighted by atomic mass is 19.1. The summed E-state index contributed by atoms with van der Waals surface area (Å²) in [5.41, 5.74) is 0.797. The third-order valence-electron chi connectivity index (χ3n) is 3.97. The highest BCUT2D eigenvalue weighted by molar-refractivity contribution is 5.95. The summed E-state index contributed by atoms with van der Waals surface area (Å²) in [5, 5.41) is 6.23. The molecule has 2 aromatic carbocycles. The number of benzene rings is 2. The van der Waals surface area contributed by atoms with Crippen molar-refractivity contribution in [3.8, 4) is 22.9 Å². The first kappa shape index (κ1) is 20.8. The molecular formula is C20H18FN3O6. The molecule has 0 unspecified atom stereocenters. The third-order valence-corrected chi connectivity index (χ3v) is 3.97. The van der Waals surface area contributed by atoms with Crippen LogP contribution < -0.4 is 14.8 Å². The summed E-state index contributed by atoms with van der Waals surface area (Å²) in [5.74, 6) is -0.271. The van der Waals surface area contributed by atoms with Crippen molar-refractivity contribution in [2.24, 2.45) is 0 Å². The number of rotatable bonds is 8. The molecule has 0 fully saturated rings. The summed E-state index contributed by atoms with van der Waals surface area (Å²) in [6.07, 6.45) is 0. The number of halogens is 1. The molecule has 1 amide bonds. The number of hydrogen-bond donors (Lipinski definition) is 1. The van der Waals surface area contributed by atoms with Crippen LogP contribution in [-0.2, 0) is 16.1 Å². The molecule has 1 N–H and O–H groups in total. The minimum absolute atomic E-state index is 0.0704. The average molecular weight is 415 g/mol. The van der Waals surface area contributed by atoms with Crippen LogP contribution in [0.2, 0.25) is 0 Å². The molecule has 0 aliphatic carbocycles. The summed E-state index contributed by atoms with van der Waals surface area (Å²) >= 11 is 0. The van der Waals surface area contributed by atoms with Crippen molar-refractivity contribution in [2.75, 3.05) is 20.8 Å². The van der Waals surface area contributed by atoms with Crippen molar-refractivity contribution in [3.63, 3.8) is 0 Å². The maximum absolute atomic E-state index is 12.9. The predicted octanol–water partition coefficient (Wildman–Crippen LogP) is 2.37. The monoisotopic (exact) mass is 415 g/mol. The van der Waals surface area contributed by atoms with Crippen LogP contribution in [0.15, 0.2) is 47.0 Å². The molecule has 0 aliphatic heterocycles. The van der Waals surface area contributed by atoms with Gasteiger partial charge in [-0.3, -0.25) is 9.59 Å². The van der Waals surface area contributed by atoms with Gasteiger partial charge in [0.2, 0.25) is 5.82 Å². The fourth-order valence-corrected chi connectivity index (χ4v) is 2.46. The first-order chi connectivity index (χ1) is 14.5. The number of methoxy groups -OCH3 is 2. The quantitative estimate of drug-likeness (QED) is 0.558. The number of nitrogens with one attached hydrogen (secondary N) is 1. The van der Waals surface area contributed by atoms with Gasteiger partial charge in [-0.1, -0.05) is 5.16 Å². The maximum Gasteiger partial charge on any atom is 0.325 e. The summed E-state index contributed by atoms with van der Waals surface area (Å²) in [7, 11) is 3.04. The molecule has 0 saturated carbocycles. The van der Waals surface area contributed by atoms with Gasteiger partial charge in [-0.05, 0) is 36.4 Å². The molecule has 0 saturated heterocycles. The van der Waals surface area contributed by atoms with Crippen LogP contribution >= 0.6 is 0 Å². The van der Waals surface area contributed by atoms with Gasteiger partial charge in [-0.2, -0.15) is 4.98 Å². The van der Waals surface area contributed by atoms with E-state index in [1.165, 1.54) is 26.4 Å². The Balaban J connectivity index is 1.53. The van der Waals surface area contributed by atoms with E-state index in [4.69, 9.17) is 18.7 Å². The Kier molecular flexibility index (Phi) is 6.58. The zero-order valence-corrected chi connectivity index (χ0v) is 16.2. The number of amides is 1. The van der Waals surface area contributed by atoms with Gasteiger partial charge in [0.25, 0.3) is 11.8 Å². The van der Waals surface area contributed by atoms with E-state index in [0.29, 0.717) is 17.1 Å². The molecular weight excluding hydrogens is 397 g/mol. The normalized spacial score (nSPS) is 10.4. The van der Waals surface area contributed by atoms with Crippen molar-refractivity contribution in [1.29, 1.82) is 0 Å². The SMILES string of the molecule is COc1ccc(-c2noc(COC(=O)CNC(=O)c3ccc(F)cc3)n2)c(OC)c1. The van der Waals surface area contributed by atoms with E-state index in [2.05, 4.69) is 15.5 Å². The van der Waals surface area contributed by atoms with Crippen molar-refractivity contribution < 1.29 is 32.7 Å². The number of nitrogens with zero attached hydrogens (tertiary/aromatic N) is 2. The fraction of sp³-hybridized carbons (Fsp3) is 0.200. The summed E-state index contributed by atoms with van der Waals surface area (Å²) in [4.78, 5) is 27.9. The Bertz CT molecular complexity index is 1040.